The van der Waals surface area contributed by atoms with Gasteiger partial charge < -0.3 is 8.98 Å². The third-order valence-corrected chi connectivity index (χ3v) is 15.0. The van der Waals surface area contributed by atoms with Gasteiger partial charge in [-0.15, -0.1) is 54.1 Å². The predicted octanol–water partition coefficient (Wildman–Crippen LogP) is 19.4. The average Bonchev–Trinajstić information content (AvgIpc) is 4.07. The second kappa shape index (κ2) is 20.8. The van der Waals surface area contributed by atoms with Crippen LogP contribution in [0.25, 0.3) is 105 Å². The number of aryl methyl sites for hydroxylation is 2. The van der Waals surface area contributed by atoms with Crippen molar-refractivity contribution in [3.05, 3.63) is 216 Å². The average molecular weight is 1180 g/mol. The summed E-state index contributed by atoms with van der Waals surface area (Å²) >= 11 is 0. The van der Waals surface area contributed by atoms with Crippen LogP contribution in [0, 0.1) is 26.0 Å². The van der Waals surface area contributed by atoms with Gasteiger partial charge in [0.1, 0.15) is 5.58 Å². The molecule has 3 aromatic heterocycles. The summed E-state index contributed by atoms with van der Waals surface area (Å²) in [6, 6.07) is 65.4. The minimum atomic E-state index is 0. The maximum Gasteiger partial charge on any atom is 0.121 e. The van der Waals surface area contributed by atoms with E-state index in [1.807, 2.05) is 42.6 Å². The summed E-state index contributed by atoms with van der Waals surface area (Å²) < 4.78 is 9.31. The summed E-state index contributed by atoms with van der Waals surface area (Å²) in [4.78, 5) is 14.3. The number of imidazole rings is 1. The van der Waals surface area contributed by atoms with Crippen molar-refractivity contribution in [2.24, 2.45) is 0 Å². The summed E-state index contributed by atoms with van der Waals surface area (Å²) in [6.07, 6.45) is 1.81. The molecule has 0 unspecified atom stereocenters. The number of fused-ring (bicyclic) bond motifs is 7. The van der Waals surface area contributed by atoms with E-state index in [2.05, 4.69) is 237 Å². The molecule has 0 saturated heterocycles. The second-order valence-electron chi connectivity index (χ2n) is 23.2. The molecule has 0 aliphatic heterocycles. The molecule has 0 amide bonds. The summed E-state index contributed by atoms with van der Waals surface area (Å²) in [5.41, 5.74) is 19.5. The van der Waals surface area contributed by atoms with Crippen LogP contribution in [-0.2, 0) is 30.9 Å². The maximum absolute atomic E-state index is 6.91. The van der Waals surface area contributed by atoms with Crippen LogP contribution in [0.3, 0.4) is 0 Å². The smallest absolute Gasteiger partial charge is 0.121 e. The number of benzene rings is 9. The third kappa shape index (κ3) is 10.1. The Hall–Kier alpha value is -7.50. The van der Waals surface area contributed by atoms with Gasteiger partial charge in [-0.3, -0.25) is 15.0 Å². The Morgan fingerprint density at radius 2 is 1.23 bits per heavy atom. The number of nitrogens with zero attached hydrogens (tertiary/aromatic N) is 4. The van der Waals surface area contributed by atoms with Gasteiger partial charge in [-0.2, -0.15) is 0 Å². The molecule has 12 aromatic rings. The molecule has 9 aromatic carbocycles. The Labute approximate surface area is 467 Å². The summed E-state index contributed by atoms with van der Waals surface area (Å²) in [5, 5.41) is 7.00. The van der Waals surface area contributed by atoms with Crippen molar-refractivity contribution in [3.8, 4) is 50.7 Å². The van der Waals surface area contributed by atoms with Crippen LogP contribution in [0.5, 0.6) is 0 Å². The number of hydrogen-bond donors (Lipinski definition) is 0. The Balaban J connectivity index is 0.000000339. The van der Waals surface area contributed by atoms with Crippen molar-refractivity contribution in [1.82, 2.24) is 19.5 Å². The Kier molecular flexibility index (Phi) is 14.3. The van der Waals surface area contributed by atoms with Gasteiger partial charge in [0, 0.05) is 48.5 Å². The Morgan fingerprint density at radius 1 is 0.545 bits per heavy atom. The molecule has 3 heterocycles. The molecule has 0 N–H and O–H groups in total. The minimum absolute atomic E-state index is 0. The van der Waals surface area contributed by atoms with E-state index in [9.17, 15) is 0 Å². The molecule has 0 fully saturated rings. The topological polar surface area (TPSA) is 56.7 Å². The normalized spacial score (nSPS) is 12.0. The fraction of sp³-hybridized carbons (Fsp3) is 0.225. The van der Waals surface area contributed by atoms with Gasteiger partial charge in [0.25, 0.3) is 0 Å². The summed E-state index contributed by atoms with van der Waals surface area (Å²) in [7, 11) is 0. The molecule has 387 valence electrons. The fourth-order valence-corrected chi connectivity index (χ4v) is 11.1. The van der Waals surface area contributed by atoms with Crippen molar-refractivity contribution in [3.63, 3.8) is 0 Å². The zero-order chi connectivity index (χ0) is 53.2. The summed E-state index contributed by atoms with van der Waals surface area (Å²) in [5.74, 6) is 2.06. The van der Waals surface area contributed by atoms with Gasteiger partial charge in [0.15, 0.2) is 0 Å². The Morgan fingerprint density at radius 3 is 1.92 bits per heavy atom. The molecule has 5 nitrogen and oxygen atoms in total. The van der Waals surface area contributed by atoms with Crippen LogP contribution in [-0.4, -0.2) is 19.5 Å². The quantitative estimate of drug-likeness (QED) is 0.118. The van der Waals surface area contributed by atoms with Crippen molar-refractivity contribution >= 4 is 54.5 Å². The van der Waals surface area contributed by atoms with Crippen LogP contribution < -0.4 is 0 Å². The molecule has 0 bridgehead atoms. The van der Waals surface area contributed by atoms with Crippen LogP contribution in [0.1, 0.15) is 115 Å². The first-order valence-corrected chi connectivity index (χ1v) is 26.8. The van der Waals surface area contributed by atoms with Crippen LogP contribution in [0.15, 0.2) is 174 Å². The van der Waals surface area contributed by atoms with Crippen LogP contribution in [0.2, 0.25) is 0 Å². The van der Waals surface area contributed by atoms with E-state index in [1.165, 1.54) is 77.3 Å². The fourth-order valence-electron chi connectivity index (χ4n) is 11.1. The number of para-hydroxylation sites is 2. The molecule has 0 saturated carbocycles. The van der Waals surface area contributed by atoms with E-state index in [4.69, 9.17) is 9.40 Å². The first-order chi connectivity index (χ1) is 36.4. The minimum Gasteiger partial charge on any atom is -0.501 e. The number of hydrogen-bond acceptors (Lipinski definition) is 4. The van der Waals surface area contributed by atoms with Gasteiger partial charge in [-0.1, -0.05) is 165 Å². The zero-order valence-electron chi connectivity index (χ0n) is 46.4. The van der Waals surface area contributed by atoms with Gasteiger partial charge in [-0.25, -0.2) is 0 Å². The van der Waals surface area contributed by atoms with Crippen LogP contribution in [0.4, 0.5) is 0 Å². The Bertz CT molecular complexity index is 4140. The molecule has 6 heteroatoms. The van der Waals surface area contributed by atoms with Gasteiger partial charge >= 0.3 is 0 Å². The third-order valence-electron chi connectivity index (χ3n) is 15.0. The number of furan rings is 1. The van der Waals surface area contributed by atoms with Crippen molar-refractivity contribution in [2.75, 3.05) is 0 Å². The second-order valence-corrected chi connectivity index (χ2v) is 23.2. The van der Waals surface area contributed by atoms with Crippen LogP contribution >= 0.6 is 0 Å². The zero-order valence-corrected chi connectivity index (χ0v) is 48.7. The SMILES string of the molecule is CC(C)(C)c1ccnc(-c2[c-]cccc2)n1.Cc1cc(-c2ccc(C(C)(C)C)c(C)c2)ccc1-c1cc(C(C)C)c(-n2c(-c3[c-]ccc4c3oc3cc5c(ccc6ccccc65)cc34)nc3ccccc32)c(C(C)C)c1.[Ir]. The maximum atomic E-state index is 6.91. The van der Waals surface area contributed by atoms with Crippen molar-refractivity contribution < 1.29 is 24.5 Å². The largest absolute Gasteiger partial charge is 0.501 e. The van der Waals surface area contributed by atoms with E-state index in [-0.39, 0.29) is 42.8 Å². The summed E-state index contributed by atoms with van der Waals surface area (Å²) in [6.45, 7) is 27.0. The van der Waals surface area contributed by atoms with Crippen molar-refractivity contribution in [1.29, 1.82) is 0 Å². The monoisotopic (exact) mass is 1180 g/mol. The standard InChI is InChI=1S/C57H51N2O.C14H15N2.Ir/c1-33(2)46-30-41(42-25-23-38(27-35(42)5)39-24-26-50(36(6)28-39)57(7,8)9)31-47(34(3)4)54(46)59-52-20-13-12-19-51(52)58-56(59)45-18-14-17-44-49-29-40-22-21-37-15-10-11-16-43(37)48(40)32-53(49)60-55(44)45;1-14(2,3)12-9-10-15-13(16-12)11-7-5-4-6-8-11;/h10-17,19-34H,1-9H3;4-7,9-10H,1-3H3;/q2*-1;. The number of rotatable bonds is 7. The van der Waals surface area contributed by atoms with E-state index in [1.54, 1.807) is 0 Å². The van der Waals surface area contributed by atoms with E-state index >= 15 is 0 Å². The molecular formula is C71H66IrN4O-2. The van der Waals surface area contributed by atoms with Crippen molar-refractivity contribution in [2.45, 2.75) is 106 Å². The molecule has 1 radical (unpaired) electrons. The molecule has 0 aliphatic rings. The predicted molar refractivity (Wildman–Crippen MR) is 320 cm³/mol. The molecule has 0 aliphatic carbocycles. The van der Waals surface area contributed by atoms with E-state index < -0.39 is 0 Å². The molecule has 12 rings (SSSR count). The molecular weight excluding hydrogens is 1120 g/mol. The van der Waals surface area contributed by atoms with Gasteiger partial charge in [-0.05, 0) is 145 Å². The molecule has 0 spiro atoms. The first kappa shape index (κ1) is 52.9. The van der Waals surface area contributed by atoms with E-state index in [0.29, 0.717) is 0 Å². The first-order valence-electron chi connectivity index (χ1n) is 26.8. The van der Waals surface area contributed by atoms with Gasteiger partial charge in [0.2, 0.25) is 0 Å². The number of aromatic nitrogens is 4. The van der Waals surface area contributed by atoms with Gasteiger partial charge in [0.05, 0.1) is 28.3 Å². The molecule has 77 heavy (non-hydrogen) atoms. The van der Waals surface area contributed by atoms with E-state index in [0.717, 1.165) is 61.4 Å². The molecule has 0 atom stereocenters.